The van der Waals surface area contributed by atoms with Gasteiger partial charge >= 0.3 is 0 Å². The topological polar surface area (TPSA) is 78.0 Å². The maximum atomic E-state index is 11.5. The third-order valence-electron chi connectivity index (χ3n) is 6.11. The number of rotatable bonds is 5. The molecule has 7 heteroatoms. The van der Waals surface area contributed by atoms with Gasteiger partial charge in [-0.2, -0.15) is 5.10 Å². The molecule has 1 N–H and O–H groups in total. The van der Waals surface area contributed by atoms with E-state index in [2.05, 4.69) is 10.1 Å². The number of hydrogen-bond donors (Lipinski definition) is 1. The fourth-order valence-corrected chi connectivity index (χ4v) is 4.33. The molecule has 1 aliphatic rings. The Bertz CT molecular complexity index is 1320. The van der Waals surface area contributed by atoms with Crippen LogP contribution in [0.25, 0.3) is 17.8 Å². The van der Waals surface area contributed by atoms with E-state index in [1.807, 2.05) is 83.9 Å². The van der Waals surface area contributed by atoms with Gasteiger partial charge in [0.1, 0.15) is 11.4 Å². The van der Waals surface area contributed by atoms with E-state index in [1.165, 1.54) is 0 Å². The van der Waals surface area contributed by atoms with Crippen LogP contribution in [0.1, 0.15) is 46.9 Å². The zero-order valence-electron chi connectivity index (χ0n) is 19.1. The normalized spacial score (nSPS) is 17.9. The molecule has 3 heterocycles. The fraction of sp³-hybridized carbons (Fsp3) is 0.269. The molecule has 168 valence electrons. The number of methoxy groups -OCH3 is 1. The Kier molecular flexibility index (Phi) is 5.34. The maximum absolute atomic E-state index is 11.5. The summed E-state index contributed by atoms with van der Waals surface area (Å²) < 4.78 is 9.37. The Morgan fingerprint density at radius 2 is 1.91 bits per heavy atom. The van der Waals surface area contributed by atoms with Crippen LogP contribution in [0.15, 0.2) is 55.0 Å². The third kappa shape index (κ3) is 3.96. The summed E-state index contributed by atoms with van der Waals surface area (Å²) in [6, 6.07) is 14.0. The van der Waals surface area contributed by atoms with Gasteiger partial charge in [0.15, 0.2) is 11.6 Å². The predicted octanol–water partition coefficient (Wildman–Crippen LogP) is 4.29. The number of aliphatic hydroxyl groups is 1. The molecule has 0 aliphatic carbocycles. The van der Waals surface area contributed by atoms with Crippen LogP contribution in [0, 0.1) is 13.8 Å². The number of aromatic nitrogens is 5. The summed E-state index contributed by atoms with van der Waals surface area (Å²) in [5.74, 6) is 1.92. The Morgan fingerprint density at radius 3 is 2.64 bits per heavy atom. The summed E-state index contributed by atoms with van der Waals surface area (Å²) in [5, 5.41) is 16.2. The second kappa shape index (κ2) is 8.33. The average molecular weight is 442 g/mol. The lowest BCUT2D eigenvalue weighted by molar-refractivity contribution is 0.0395. The summed E-state index contributed by atoms with van der Waals surface area (Å²) in [7, 11) is 1.66. The van der Waals surface area contributed by atoms with Gasteiger partial charge in [-0.1, -0.05) is 42.0 Å². The van der Waals surface area contributed by atoms with Crippen LogP contribution >= 0.6 is 0 Å². The van der Waals surface area contributed by atoms with Crippen molar-refractivity contribution in [1.82, 2.24) is 24.3 Å². The Balaban J connectivity index is 1.43. The van der Waals surface area contributed by atoms with Gasteiger partial charge in [-0.15, -0.1) is 0 Å². The monoisotopic (exact) mass is 441 g/mol. The van der Waals surface area contributed by atoms with Crippen molar-refractivity contribution >= 4 is 12.2 Å². The summed E-state index contributed by atoms with van der Waals surface area (Å²) in [4.78, 5) is 8.99. The molecule has 2 aromatic carbocycles. The molecule has 0 saturated carbocycles. The number of benzene rings is 2. The molecule has 4 aromatic rings. The van der Waals surface area contributed by atoms with Crippen molar-refractivity contribution in [1.29, 1.82) is 0 Å². The fourth-order valence-electron chi connectivity index (χ4n) is 4.33. The molecule has 5 rings (SSSR count). The molecule has 2 aromatic heterocycles. The highest BCUT2D eigenvalue weighted by molar-refractivity contribution is 5.69. The van der Waals surface area contributed by atoms with Crippen LogP contribution in [0.5, 0.6) is 5.75 Å². The zero-order valence-corrected chi connectivity index (χ0v) is 19.1. The Hall–Kier alpha value is -3.71. The molecule has 0 amide bonds. The first-order chi connectivity index (χ1) is 16.0. The number of aryl methyl sites for hydroxylation is 3. The number of ether oxygens (including phenoxy) is 1. The lowest BCUT2D eigenvalue weighted by Crippen LogP contribution is -2.35. The van der Waals surface area contributed by atoms with Crippen LogP contribution in [0.4, 0.5) is 0 Å². The number of imidazole rings is 1. The molecule has 0 unspecified atom stereocenters. The molecule has 1 atom stereocenters. The summed E-state index contributed by atoms with van der Waals surface area (Å²) >= 11 is 0. The van der Waals surface area contributed by atoms with Gasteiger partial charge in [0.2, 0.25) is 0 Å². The molecule has 0 fully saturated rings. The van der Waals surface area contributed by atoms with Crippen LogP contribution in [-0.2, 0) is 12.1 Å². The first-order valence-corrected chi connectivity index (χ1v) is 11.1. The second-order valence-electron chi connectivity index (χ2n) is 8.53. The highest BCUT2D eigenvalue weighted by atomic mass is 16.5. The minimum Gasteiger partial charge on any atom is -0.495 e. The van der Waals surface area contributed by atoms with Gasteiger partial charge in [-0.3, -0.25) is 0 Å². The van der Waals surface area contributed by atoms with E-state index in [0.717, 1.165) is 46.8 Å². The lowest BCUT2D eigenvalue weighted by atomic mass is 9.86. The van der Waals surface area contributed by atoms with E-state index in [0.29, 0.717) is 18.1 Å². The molecular formula is C26H27N5O2. The first-order valence-electron chi connectivity index (χ1n) is 11.1. The molecule has 0 bridgehead atoms. The van der Waals surface area contributed by atoms with Gasteiger partial charge < -0.3 is 14.4 Å². The van der Waals surface area contributed by atoms with E-state index in [4.69, 9.17) is 9.72 Å². The lowest BCUT2D eigenvalue weighted by Gasteiger charge is -2.31. The van der Waals surface area contributed by atoms with Gasteiger partial charge in [-0.25, -0.2) is 14.6 Å². The summed E-state index contributed by atoms with van der Waals surface area (Å²) in [5.41, 5.74) is 3.73. The van der Waals surface area contributed by atoms with E-state index >= 15 is 0 Å². The molecular weight excluding hydrogens is 414 g/mol. The molecule has 0 saturated heterocycles. The van der Waals surface area contributed by atoms with Gasteiger partial charge in [0.05, 0.1) is 24.8 Å². The largest absolute Gasteiger partial charge is 0.495 e. The van der Waals surface area contributed by atoms with Gasteiger partial charge in [-0.05, 0) is 56.0 Å². The second-order valence-corrected chi connectivity index (χ2v) is 8.53. The molecule has 33 heavy (non-hydrogen) atoms. The van der Waals surface area contributed by atoms with Crippen molar-refractivity contribution in [3.8, 4) is 11.4 Å². The van der Waals surface area contributed by atoms with Crippen molar-refractivity contribution in [3.05, 3.63) is 89.0 Å². The number of nitrogens with zero attached hydrogens (tertiary/aromatic N) is 5. The minimum atomic E-state index is -1.13. The number of hydrogen-bond acceptors (Lipinski definition) is 5. The molecule has 1 aliphatic heterocycles. The van der Waals surface area contributed by atoms with E-state index < -0.39 is 5.60 Å². The van der Waals surface area contributed by atoms with E-state index in [-0.39, 0.29) is 0 Å². The van der Waals surface area contributed by atoms with Crippen molar-refractivity contribution in [2.24, 2.45) is 0 Å². The summed E-state index contributed by atoms with van der Waals surface area (Å²) in [6.45, 7) is 4.74. The van der Waals surface area contributed by atoms with Crippen molar-refractivity contribution < 1.29 is 9.84 Å². The standard InChI is InChI=1S/C26H27N5O2/c1-18-5-9-21(10-6-18)26(32)13-4-14-31-25(26)28-24(29-31)12-8-20-7-11-22(23(15-20)33-3)30-16-19(2)27-17-30/h5-12,15-17,32H,4,13-14H2,1-3H3/t26-/m1/s1. The first kappa shape index (κ1) is 21.2. The van der Waals surface area contributed by atoms with E-state index in [1.54, 1.807) is 13.4 Å². The van der Waals surface area contributed by atoms with Crippen LogP contribution in [0.2, 0.25) is 0 Å². The van der Waals surface area contributed by atoms with Crippen molar-refractivity contribution in [2.75, 3.05) is 7.11 Å². The molecule has 7 nitrogen and oxygen atoms in total. The maximum Gasteiger partial charge on any atom is 0.174 e. The average Bonchev–Trinajstić information content (AvgIpc) is 3.45. The summed E-state index contributed by atoms with van der Waals surface area (Å²) in [6.07, 6.45) is 9.04. The third-order valence-corrected chi connectivity index (χ3v) is 6.11. The SMILES string of the molecule is COc1cc(C=Cc2nc3n(n2)CCC[C@@]3(O)c2ccc(C)cc2)ccc1-n1cnc(C)c1. The Morgan fingerprint density at radius 1 is 1.09 bits per heavy atom. The molecule has 0 radical (unpaired) electrons. The van der Waals surface area contributed by atoms with Gasteiger partial charge in [0.25, 0.3) is 0 Å². The predicted molar refractivity (Wildman–Crippen MR) is 127 cm³/mol. The quantitative estimate of drug-likeness (QED) is 0.500. The smallest absolute Gasteiger partial charge is 0.174 e. The van der Waals surface area contributed by atoms with Crippen molar-refractivity contribution in [2.45, 2.75) is 38.8 Å². The van der Waals surface area contributed by atoms with Crippen molar-refractivity contribution in [3.63, 3.8) is 0 Å². The van der Waals surface area contributed by atoms with Crippen LogP contribution in [0.3, 0.4) is 0 Å². The minimum absolute atomic E-state index is 0.575. The highest BCUT2D eigenvalue weighted by Gasteiger charge is 2.39. The molecule has 0 spiro atoms. The zero-order chi connectivity index (χ0) is 23.0. The Labute approximate surface area is 193 Å². The number of fused-ring (bicyclic) bond motifs is 1. The van der Waals surface area contributed by atoms with Crippen LogP contribution < -0.4 is 4.74 Å². The van der Waals surface area contributed by atoms with Crippen LogP contribution in [-0.4, -0.2) is 36.5 Å². The highest BCUT2D eigenvalue weighted by Crippen LogP contribution is 2.36. The van der Waals surface area contributed by atoms with Gasteiger partial charge in [0, 0.05) is 12.7 Å². The van der Waals surface area contributed by atoms with E-state index in [9.17, 15) is 5.11 Å².